The van der Waals surface area contributed by atoms with Crippen LogP contribution in [-0.4, -0.2) is 9.97 Å². The first-order chi connectivity index (χ1) is 9.88. The number of benzene rings is 1. The number of pyridine rings is 1. The smallest absolute Gasteiger partial charge is 0.389 e. The van der Waals surface area contributed by atoms with E-state index < -0.39 is 11.7 Å². The zero-order chi connectivity index (χ0) is 15.5. The van der Waals surface area contributed by atoms with E-state index in [2.05, 4.69) is 22.5 Å². The Labute approximate surface area is 125 Å². The molecular weight excluding hydrogens is 299 g/mol. The first-order valence-electron chi connectivity index (χ1n) is 6.02. The predicted molar refractivity (Wildman–Crippen MR) is 78.9 cm³/mol. The fourth-order valence-corrected chi connectivity index (χ4v) is 1.99. The molecule has 0 aliphatic rings. The second-order valence-corrected chi connectivity index (χ2v) is 4.78. The molecule has 0 atom stereocenters. The van der Waals surface area contributed by atoms with Crippen molar-refractivity contribution in [2.24, 2.45) is 5.73 Å². The summed E-state index contributed by atoms with van der Waals surface area (Å²) < 4.78 is 39.0. The largest absolute Gasteiger partial charge is 0.417 e. The Kier molecular flexibility index (Phi) is 4.42. The van der Waals surface area contributed by atoms with Crippen molar-refractivity contribution >= 4 is 22.9 Å². The lowest BCUT2D eigenvalue weighted by Crippen LogP contribution is -2.18. The summed E-state index contributed by atoms with van der Waals surface area (Å²) in [5.41, 5.74) is 5.52. The van der Waals surface area contributed by atoms with Crippen molar-refractivity contribution < 1.29 is 13.2 Å². The van der Waals surface area contributed by atoms with Gasteiger partial charge in [0.25, 0.3) is 0 Å². The molecule has 0 bridgehead atoms. The first-order valence-corrected chi connectivity index (χ1v) is 6.42. The molecule has 0 aliphatic carbocycles. The minimum absolute atomic E-state index is 0.176. The Morgan fingerprint density at radius 2 is 2.05 bits per heavy atom. The van der Waals surface area contributed by atoms with E-state index in [-0.39, 0.29) is 10.6 Å². The van der Waals surface area contributed by atoms with Gasteiger partial charge in [-0.2, -0.15) is 13.2 Å². The van der Waals surface area contributed by atoms with E-state index in [0.29, 0.717) is 12.2 Å². The molecule has 1 heterocycles. The second kappa shape index (κ2) is 6.09. The monoisotopic (exact) mass is 311 g/mol. The van der Waals surface area contributed by atoms with Crippen LogP contribution in [-0.2, 0) is 12.7 Å². The number of thiocarbonyl (C=S) groups is 1. The van der Waals surface area contributed by atoms with E-state index in [9.17, 15) is 13.2 Å². The summed E-state index contributed by atoms with van der Waals surface area (Å²) in [7, 11) is 0. The number of nitrogens with one attached hydrogen (secondary N) is 1. The number of aromatic nitrogens is 1. The Morgan fingerprint density at radius 3 is 2.62 bits per heavy atom. The zero-order valence-corrected chi connectivity index (χ0v) is 11.6. The van der Waals surface area contributed by atoms with Crippen LogP contribution in [0.25, 0.3) is 0 Å². The van der Waals surface area contributed by atoms with Crippen molar-refractivity contribution in [1.29, 1.82) is 0 Å². The van der Waals surface area contributed by atoms with E-state index in [4.69, 9.17) is 5.73 Å². The molecule has 1 aromatic carbocycles. The number of rotatable bonds is 4. The van der Waals surface area contributed by atoms with Crippen LogP contribution in [0.5, 0.6) is 0 Å². The second-order valence-electron chi connectivity index (χ2n) is 4.34. The summed E-state index contributed by atoms with van der Waals surface area (Å²) in [6, 6.07) is 7.38. The summed E-state index contributed by atoms with van der Waals surface area (Å²) in [6.07, 6.45) is -1.24. The topological polar surface area (TPSA) is 50.9 Å². The average molecular weight is 311 g/mol. The molecule has 1 aromatic heterocycles. The summed E-state index contributed by atoms with van der Waals surface area (Å²) >= 11 is 4.65. The van der Waals surface area contributed by atoms with Gasteiger partial charge in [0.15, 0.2) is 0 Å². The van der Waals surface area contributed by atoms with Gasteiger partial charge in [0, 0.05) is 30.2 Å². The summed E-state index contributed by atoms with van der Waals surface area (Å²) in [4.78, 5) is 3.66. The lowest BCUT2D eigenvalue weighted by molar-refractivity contribution is -0.137. The van der Waals surface area contributed by atoms with Crippen LogP contribution in [0.15, 0.2) is 42.7 Å². The SMILES string of the molecule is NC(=S)c1ccc(NCc2cccnc2)cc1C(F)(F)F. The van der Waals surface area contributed by atoms with Crippen molar-refractivity contribution in [3.63, 3.8) is 0 Å². The van der Waals surface area contributed by atoms with E-state index in [1.54, 1.807) is 18.5 Å². The fraction of sp³-hybridized carbons (Fsp3) is 0.143. The van der Waals surface area contributed by atoms with Gasteiger partial charge in [-0.1, -0.05) is 18.3 Å². The van der Waals surface area contributed by atoms with Crippen LogP contribution >= 0.6 is 12.2 Å². The maximum absolute atomic E-state index is 13.0. The molecule has 3 nitrogen and oxygen atoms in total. The third-order valence-electron chi connectivity index (χ3n) is 2.81. The van der Waals surface area contributed by atoms with E-state index >= 15 is 0 Å². The maximum Gasteiger partial charge on any atom is 0.417 e. The van der Waals surface area contributed by atoms with Gasteiger partial charge >= 0.3 is 6.18 Å². The Morgan fingerprint density at radius 1 is 1.29 bits per heavy atom. The number of anilines is 1. The molecule has 7 heteroatoms. The van der Waals surface area contributed by atoms with Crippen LogP contribution in [0.2, 0.25) is 0 Å². The van der Waals surface area contributed by atoms with Crippen LogP contribution in [0.4, 0.5) is 18.9 Å². The molecule has 0 saturated carbocycles. The maximum atomic E-state index is 13.0. The van der Waals surface area contributed by atoms with E-state index in [1.807, 2.05) is 6.07 Å². The van der Waals surface area contributed by atoms with Crippen molar-refractivity contribution in [3.8, 4) is 0 Å². The molecule has 2 rings (SSSR count). The lowest BCUT2D eigenvalue weighted by Gasteiger charge is -2.14. The number of hydrogen-bond acceptors (Lipinski definition) is 3. The number of halogens is 3. The zero-order valence-electron chi connectivity index (χ0n) is 10.8. The number of nitrogens with zero attached hydrogens (tertiary/aromatic N) is 1. The van der Waals surface area contributed by atoms with Gasteiger partial charge in [-0.3, -0.25) is 4.98 Å². The number of nitrogens with two attached hydrogens (primary N) is 1. The highest BCUT2D eigenvalue weighted by molar-refractivity contribution is 7.80. The normalized spacial score (nSPS) is 11.2. The van der Waals surface area contributed by atoms with Crippen molar-refractivity contribution in [1.82, 2.24) is 4.98 Å². The summed E-state index contributed by atoms with van der Waals surface area (Å²) in [5, 5.41) is 2.92. The molecule has 0 saturated heterocycles. The third-order valence-corrected chi connectivity index (χ3v) is 3.03. The molecule has 0 spiro atoms. The van der Waals surface area contributed by atoms with Crippen LogP contribution < -0.4 is 11.1 Å². The molecule has 21 heavy (non-hydrogen) atoms. The van der Waals surface area contributed by atoms with E-state index in [0.717, 1.165) is 11.6 Å². The molecule has 0 aliphatic heterocycles. The molecule has 0 unspecified atom stereocenters. The molecule has 0 fully saturated rings. The molecule has 3 N–H and O–H groups in total. The van der Waals surface area contributed by atoms with Gasteiger partial charge in [0.1, 0.15) is 4.99 Å². The Bertz CT molecular complexity index is 642. The summed E-state index contributed by atoms with van der Waals surface area (Å²) in [5.74, 6) is 0. The highest BCUT2D eigenvalue weighted by atomic mass is 32.1. The quantitative estimate of drug-likeness (QED) is 0.850. The Hall–Kier alpha value is -2.15. The lowest BCUT2D eigenvalue weighted by atomic mass is 10.1. The minimum Gasteiger partial charge on any atom is -0.389 e. The van der Waals surface area contributed by atoms with E-state index in [1.165, 1.54) is 12.1 Å². The first kappa shape index (κ1) is 15.2. The predicted octanol–water partition coefficient (Wildman–Crippen LogP) is 3.35. The highest BCUT2D eigenvalue weighted by Crippen LogP contribution is 2.33. The molecule has 2 aromatic rings. The van der Waals surface area contributed by atoms with Gasteiger partial charge in [0.05, 0.1) is 5.56 Å². The Balaban J connectivity index is 2.24. The molecule has 110 valence electrons. The fourth-order valence-electron chi connectivity index (χ4n) is 1.81. The van der Waals surface area contributed by atoms with Crippen molar-refractivity contribution in [3.05, 3.63) is 59.4 Å². The minimum atomic E-state index is -4.51. The average Bonchev–Trinajstić information content (AvgIpc) is 2.45. The number of hydrogen-bond donors (Lipinski definition) is 2. The molecular formula is C14H12F3N3S. The van der Waals surface area contributed by atoms with Crippen molar-refractivity contribution in [2.75, 3.05) is 5.32 Å². The van der Waals surface area contributed by atoms with Gasteiger partial charge in [0.2, 0.25) is 0 Å². The van der Waals surface area contributed by atoms with Crippen molar-refractivity contribution in [2.45, 2.75) is 12.7 Å². The highest BCUT2D eigenvalue weighted by Gasteiger charge is 2.34. The van der Waals surface area contributed by atoms with Gasteiger partial charge < -0.3 is 11.1 Å². The van der Waals surface area contributed by atoms with Gasteiger partial charge in [-0.15, -0.1) is 0 Å². The van der Waals surface area contributed by atoms with Crippen LogP contribution in [0.3, 0.4) is 0 Å². The van der Waals surface area contributed by atoms with Crippen LogP contribution in [0, 0.1) is 0 Å². The molecule has 0 radical (unpaired) electrons. The summed E-state index contributed by atoms with van der Waals surface area (Å²) in [6.45, 7) is 0.373. The molecule has 0 amide bonds. The standard InChI is InChI=1S/C14H12F3N3S/c15-14(16,17)12-6-10(3-4-11(12)13(18)21)20-8-9-2-1-5-19-7-9/h1-7,20H,8H2,(H2,18,21). The van der Waals surface area contributed by atoms with Gasteiger partial charge in [-0.25, -0.2) is 0 Å². The van der Waals surface area contributed by atoms with Crippen LogP contribution in [0.1, 0.15) is 16.7 Å². The van der Waals surface area contributed by atoms with Gasteiger partial charge in [-0.05, 0) is 29.8 Å². The number of alkyl halides is 3. The third kappa shape index (κ3) is 3.91.